The lowest BCUT2D eigenvalue weighted by Gasteiger charge is -2.08. The molecule has 0 aliphatic heterocycles. The van der Waals surface area contributed by atoms with Gasteiger partial charge in [-0.3, -0.25) is 9.78 Å². The first kappa shape index (κ1) is 20.2. The van der Waals surface area contributed by atoms with Crippen molar-refractivity contribution in [2.24, 2.45) is 0 Å². The van der Waals surface area contributed by atoms with Crippen LogP contribution in [-0.4, -0.2) is 43.7 Å². The second kappa shape index (κ2) is 10.9. The molecule has 1 heterocycles. The number of carbonyl (C=O) groups excluding carboxylic acids is 2. The average molecular weight is 367 g/mol. The molecule has 0 radical (unpaired) electrons. The molecule has 2 rings (SSSR count). The van der Waals surface area contributed by atoms with Crippen LogP contribution in [0.3, 0.4) is 0 Å². The van der Waals surface area contributed by atoms with E-state index in [2.05, 4.69) is 10.3 Å². The predicted octanol–water partition coefficient (Wildman–Crippen LogP) is 1.86. The summed E-state index contributed by atoms with van der Waals surface area (Å²) < 4.78 is 15.3. The number of nitrogens with zero attached hydrogens (tertiary/aromatic N) is 1. The number of hydrogen-bond acceptors (Lipinski definition) is 6. The highest BCUT2D eigenvalue weighted by atomic mass is 35.5. The van der Waals surface area contributed by atoms with Crippen molar-refractivity contribution in [1.82, 2.24) is 10.3 Å². The maximum atomic E-state index is 11.7. The normalized spacial score (nSPS) is 9.48. The summed E-state index contributed by atoms with van der Waals surface area (Å²) in [4.78, 5) is 27.1. The van der Waals surface area contributed by atoms with Gasteiger partial charge < -0.3 is 19.5 Å². The minimum atomic E-state index is -0.510. The van der Waals surface area contributed by atoms with Crippen LogP contribution in [0.4, 0.5) is 0 Å². The van der Waals surface area contributed by atoms with Crippen LogP contribution in [0.1, 0.15) is 10.4 Å². The summed E-state index contributed by atoms with van der Waals surface area (Å²) in [6, 6.07) is 10.1. The largest absolute Gasteiger partial charge is 0.497 e. The van der Waals surface area contributed by atoms with E-state index in [9.17, 15) is 9.59 Å². The van der Waals surface area contributed by atoms with Crippen LogP contribution in [0.5, 0.6) is 11.5 Å². The van der Waals surface area contributed by atoms with E-state index in [-0.39, 0.29) is 38.1 Å². The first-order valence-electron chi connectivity index (χ1n) is 7.30. The third-order valence-corrected chi connectivity index (χ3v) is 3.01. The fourth-order valence-corrected chi connectivity index (χ4v) is 1.79. The number of esters is 1. The third-order valence-electron chi connectivity index (χ3n) is 3.01. The van der Waals surface area contributed by atoms with Crippen LogP contribution in [0.25, 0.3) is 0 Å². The minimum Gasteiger partial charge on any atom is -0.497 e. The van der Waals surface area contributed by atoms with Crippen molar-refractivity contribution in [3.63, 3.8) is 0 Å². The molecule has 0 spiro atoms. The second-order valence-electron chi connectivity index (χ2n) is 4.68. The van der Waals surface area contributed by atoms with E-state index in [4.69, 9.17) is 14.2 Å². The Morgan fingerprint density at radius 3 is 2.32 bits per heavy atom. The van der Waals surface area contributed by atoms with Gasteiger partial charge in [-0.15, -0.1) is 12.4 Å². The van der Waals surface area contributed by atoms with Gasteiger partial charge in [0, 0.05) is 18.0 Å². The zero-order chi connectivity index (χ0) is 17.2. The number of amides is 1. The molecule has 7 nitrogen and oxygen atoms in total. The predicted molar refractivity (Wildman–Crippen MR) is 93.3 cm³/mol. The van der Waals surface area contributed by atoms with Gasteiger partial charge in [0.2, 0.25) is 0 Å². The highest BCUT2D eigenvalue weighted by molar-refractivity contribution is 5.93. The number of benzene rings is 1. The van der Waals surface area contributed by atoms with Crippen LogP contribution < -0.4 is 14.8 Å². The van der Waals surface area contributed by atoms with E-state index in [1.165, 1.54) is 12.4 Å². The molecule has 1 N–H and O–H groups in total. The lowest BCUT2D eigenvalue weighted by Crippen LogP contribution is -2.28. The molecule has 134 valence electrons. The summed E-state index contributed by atoms with van der Waals surface area (Å²) in [6.07, 6.45) is 3.07. The van der Waals surface area contributed by atoms with Gasteiger partial charge in [0.05, 0.1) is 13.7 Å². The molecule has 8 heteroatoms. The summed E-state index contributed by atoms with van der Waals surface area (Å²) in [6.45, 7) is 0.0850. The Bertz CT molecular complexity index is 664. The van der Waals surface area contributed by atoms with E-state index in [0.717, 1.165) is 0 Å². The lowest BCUT2D eigenvalue weighted by atomic mass is 10.2. The van der Waals surface area contributed by atoms with Gasteiger partial charge in [0.15, 0.2) is 6.61 Å². The number of ether oxygens (including phenoxy) is 3. The molecule has 0 atom stereocenters. The molecule has 1 amide bonds. The zero-order valence-corrected chi connectivity index (χ0v) is 14.5. The maximum Gasteiger partial charge on any atom is 0.344 e. The number of aromatic nitrogens is 1. The maximum absolute atomic E-state index is 11.7. The summed E-state index contributed by atoms with van der Waals surface area (Å²) in [5.74, 6) is 0.487. The topological polar surface area (TPSA) is 86.8 Å². The first-order chi connectivity index (χ1) is 11.7. The number of nitrogens with one attached hydrogen (secondary N) is 1. The van der Waals surface area contributed by atoms with Crippen molar-refractivity contribution in [2.45, 2.75) is 0 Å². The summed E-state index contributed by atoms with van der Waals surface area (Å²) in [5, 5.41) is 2.64. The number of methoxy groups -OCH3 is 1. The lowest BCUT2D eigenvalue weighted by molar-refractivity contribution is -0.145. The second-order valence-corrected chi connectivity index (χ2v) is 4.68. The molecule has 0 aliphatic rings. The molecule has 0 saturated carbocycles. The van der Waals surface area contributed by atoms with Gasteiger partial charge >= 0.3 is 5.97 Å². The Morgan fingerprint density at radius 2 is 1.68 bits per heavy atom. The van der Waals surface area contributed by atoms with Gasteiger partial charge in [-0.05, 0) is 36.4 Å². The minimum absolute atomic E-state index is 0. The van der Waals surface area contributed by atoms with Crippen molar-refractivity contribution in [3.8, 4) is 11.5 Å². The molecular formula is C17H19ClN2O5. The summed E-state index contributed by atoms with van der Waals surface area (Å²) in [5.41, 5.74) is 0.499. The van der Waals surface area contributed by atoms with E-state index >= 15 is 0 Å². The zero-order valence-electron chi connectivity index (χ0n) is 13.6. The highest BCUT2D eigenvalue weighted by Gasteiger charge is 2.06. The van der Waals surface area contributed by atoms with Crippen LogP contribution in [0.15, 0.2) is 48.8 Å². The Balaban J connectivity index is 0.00000312. The van der Waals surface area contributed by atoms with E-state index in [1.807, 2.05) is 0 Å². The summed E-state index contributed by atoms with van der Waals surface area (Å²) in [7, 11) is 1.57. The van der Waals surface area contributed by atoms with Crippen molar-refractivity contribution >= 4 is 24.3 Å². The van der Waals surface area contributed by atoms with Crippen molar-refractivity contribution in [3.05, 3.63) is 54.4 Å². The molecule has 0 aliphatic carbocycles. The van der Waals surface area contributed by atoms with Crippen LogP contribution in [-0.2, 0) is 9.53 Å². The van der Waals surface area contributed by atoms with Gasteiger partial charge in [0.1, 0.15) is 18.1 Å². The monoisotopic (exact) mass is 366 g/mol. The fourth-order valence-electron chi connectivity index (χ4n) is 1.79. The first-order valence-corrected chi connectivity index (χ1v) is 7.30. The Labute approximate surface area is 151 Å². The third kappa shape index (κ3) is 7.09. The molecule has 0 saturated heterocycles. The highest BCUT2D eigenvalue weighted by Crippen LogP contribution is 2.16. The van der Waals surface area contributed by atoms with Crippen molar-refractivity contribution < 1.29 is 23.8 Å². The molecular weight excluding hydrogens is 348 g/mol. The molecule has 2 aromatic rings. The van der Waals surface area contributed by atoms with Crippen LogP contribution in [0, 0.1) is 0 Å². The van der Waals surface area contributed by atoms with Crippen LogP contribution in [0.2, 0.25) is 0 Å². The van der Waals surface area contributed by atoms with Crippen molar-refractivity contribution in [1.29, 1.82) is 0 Å². The SMILES string of the molecule is COc1ccc(OCC(=O)OCCNC(=O)c2ccncc2)cc1.Cl. The standard InChI is InChI=1S/C17H18N2O5.ClH/c1-22-14-2-4-15(5-3-14)24-12-16(20)23-11-10-19-17(21)13-6-8-18-9-7-13;/h2-9H,10-12H2,1H3,(H,19,21);1H. The molecule has 1 aromatic carbocycles. The Kier molecular flexibility index (Phi) is 8.81. The molecule has 0 unspecified atom stereocenters. The Morgan fingerprint density at radius 1 is 1.04 bits per heavy atom. The number of rotatable bonds is 8. The number of carbonyl (C=O) groups is 2. The van der Waals surface area contributed by atoms with Gasteiger partial charge in [-0.25, -0.2) is 4.79 Å². The molecule has 0 bridgehead atoms. The summed E-state index contributed by atoms with van der Waals surface area (Å²) >= 11 is 0. The van der Waals surface area contributed by atoms with E-state index in [0.29, 0.717) is 17.1 Å². The smallest absolute Gasteiger partial charge is 0.344 e. The number of hydrogen-bond donors (Lipinski definition) is 1. The molecule has 1 aromatic heterocycles. The fraction of sp³-hybridized carbons (Fsp3) is 0.235. The molecule has 0 fully saturated rings. The Hall–Kier alpha value is -2.80. The van der Waals surface area contributed by atoms with E-state index < -0.39 is 5.97 Å². The van der Waals surface area contributed by atoms with Gasteiger partial charge in [0.25, 0.3) is 5.91 Å². The van der Waals surface area contributed by atoms with E-state index in [1.54, 1.807) is 43.5 Å². The van der Waals surface area contributed by atoms with Gasteiger partial charge in [-0.2, -0.15) is 0 Å². The van der Waals surface area contributed by atoms with Crippen molar-refractivity contribution in [2.75, 3.05) is 26.9 Å². The molecule has 25 heavy (non-hydrogen) atoms. The van der Waals surface area contributed by atoms with Gasteiger partial charge in [-0.1, -0.05) is 0 Å². The number of pyridine rings is 1. The average Bonchev–Trinajstić information content (AvgIpc) is 2.64. The van der Waals surface area contributed by atoms with Crippen LogP contribution >= 0.6 is 12.4 Å². The number of halogens is 1. The quantitative estimate of drug-likeness (QED) is 0.567.